The van der Waals surface area contributed by atoms with E-state index in [4.69, 9.17) is 4.74 Å². The summed E-state index contributed by atoms with van der Waals surface area (Å²) in [6, 6.07) is 14.4. The van der Waals surface area contributed by atoms with Crippen LogP contribution < -0.4 is 20.4 Å². The summed E-state index contributed by atoms with van der Waals surface area (Å²) < 4.78 is 5.11. The molecule has 0 aliphatic carbocycles. The number of amides is 2. The number of benzene rings is 2. The first-order chi connectivity index (χ1) is 12.0. The number of anilines is 2. The molecule has 0 saturated carbocycles. The first kappa shape index (κ1) is 18.0. The van der Waals surface area contributed by atoms with Crippen LogP contribution in [0.15, 0.2) is 53.6 Å². The molecule has 0 aromatic heterocycles. The van der Waals surface area contributed by atoms with Crippen LogP contribution in [0.25, 0.3) is 0 Å². The van der Waals surface area contributed by atoms with Gasteiger partial charge in [0.25, 0.3) is 0 Å². The molecule has 0 aliphatic heterocycles. The van der Waals surface area contributed by atoms with Crippen molar-refractivity contribution in [2.24, 2.45) is 5.10 Å². The molecule has 0 saturated heterocycles. The van der Waals surface area contributed by atoms with Gasteiger partial charge in [0, 0.05) is 19.8 Å². The van der Waals surface area contributed by atoms with E-state index >= 15 is 0 Å². The Morgan fingerprint density at radius 2 is 1.72 bits per heavy atom. The van der Waals surface area contributed by atoms with E-state index in [0.29, 0.717) is 11.4 Å². The molecular formula is C18H20N4O3. The molecule has 2 rings (SSSR count). The van der Waals surface area contributed by atoms with Crippen LogP contribution in [0.4, 0.5) is 11.4 Å². The van der Waals surface area contributed by atoms with Crippen LogP contribution >= 0.6 is 0 Å². The Kier molecular flexibility index (Phi) is 6.11. The van der Waals surface area contributed by atoms with Crippen LogP contribution in [0.3, 0.4) is 0 Å². The molecule has 25 heavy (non-hydrogen) atoms. The van der Waals surface area contributed by atoms with Gasteiger partial charge in [-0.05, 0) is 29.8 Å². The summed E-state index contributed by atoms with van der Waals surface area (Å²) in [5.74, 6) is -1.23. The van der Waals surface area contributed by atoms with Gasteiger partial charge in [0.1, 0.15) is 5.75 Å². The van der Waals surface area contributed by atoms with Gasteiger partial charge >= 0.3 is 11.8 Å². The fourth-order valence-corrected chi connectivity index (χ4v) is 2.00. The van der Waals surface area contributed by atoms with Gasteiger partial charge in [-0.25, -0.2) is 5.43 Å². The largest absolute Gasteiger partial charge is 0.495 e. The van der Waals surface area contributed by atoms with Crippen LogP contribution in [0.2, 0.25) is 0 Å². The van der Waals surface area contributed by atoms with Crippen molar-refractivity contribution in [3.05, 3.63) is 54.1 Å². The maximum absolute atomic E-state index is 11.9. The summed E-state index contributed by atoms with van der Waals surface area (Å²) in [6.07, 6.45) is 1.47. The maximum Gasteiger partial charge on any atom is 0.329 e. The first-order valence-electron chi connectivity index (χ1n) is 7.56. The number of methoxy groups -OCH3 is 1. The molecule has 2 aromatic carbocycles. The third kappa shape index (κ3) is 5.07. The summed E-state index contributed by atoms with van der Waals surface area (Å²) in [6.45, 7) is 0. The number of ether oxygens (including phenoxy) is 1. The highest BCUT2D eigenvalue weighted by molar-refractivity contribution is 6.39. The lowest BCUT2D eigenvalue weighted by Crippen LogP contribution is -2.32. The predicted octanol–water partition coefficient (Wildman–Crippen LogP) is 1.85. The minimum absolute atomic E-state index is 0.411. The van der Waals surface area contributed by atoms with E-state index < -0.39 is 11.8 Å². The van der Waals surface area contributed by atoms with Gasteiger partial charge in [-0.15, -0.1) is 0 Å². The highest BCUT2D eigenvalue weighted by Gasteiger charge is 2.14. The van der Waals surface area contributed by atoms with Crippen molar-refractivity contribution in [3.63, 3.8) is 0 Å². The van der Waals surface area contributed by atoms with Gasteiger partial charge in [-0.3, -0.25) is 9.59 Å². The summed E-state index contributed by atoms with van der Waals surface area (Å²) in [5, 5.41) is 6.27. The van der Waals surface area contributed by atoms with Crippen molar-refractivity contribution in [1.82, 2.24) is 5.43 Å². The number of hydrogen-bond donors (Lipinski definition) is 2. The number of nitrogens with one attached hydrogen (secondary N) is 2. The van der Waals surface area contributed by atoms with E-state index in [1.54, 1.807) is 24.3 Å². The smallest absolute Gasteiger partial charge is 0.329 e. The van der Waals surface area contributed by atoms with Crippen molar-refractivity contribution in [2.75, 3.05) is 31.4 Å². The van der Waals surface area contributed by atoms with Crippen LogP contribution in [-0.4, -0.2) is 39.2 Å². The third-order valence-electron chi connectivity index (χ3n) is 3.35. The average molecular weight is 340 g/mol. The normalized spacial score (nSPS) is 10.4. The van der Waals surface area contributed by atoms with Gasteiger partial charge < -0.3 is 15.0 Å². The fourth-order valence-electron chi connectivity index (χ4n) is 2.00. The summed E-state index contributed by atoms with van der Waals surface area (Å²) >= 11 is 0. The van der Waals surface area contributed by atoms with Gasteiger partial charge in [-0.2, -0.15) is 5.10 Å². The van der Waals surface area contributed by atoms with E-state index in [9.17, 15) is 9.59 Å². The van der Waals surface area contributed by atoms with Gasteiger partial charge in [0.2, 0.25) is 0 Å². The molecule has 0 unspecified atom stereocenters. The van der Waals surface area contributed by atoms with Crippen LogP contribution in [0.5, 0.6) is 5.75 Å². The molecule has 0 spiro atoms. The molecule has 0 aliphatic rings. The number of rotatable bonds is 5. The molecule has 0 heterocycles. The topological polar surface area (TPSA) is 83.0 Å². The molecule has 130 valence electrons. The number of nitrogens with zero attached hydrogens (tertiary/aromatic N) is 2. The molecule has 7 nitrogen and oxygen atoms in total. The molecular weight excluding hydrogens is 320 g/mol. The third-order valence-corrected chi connectivity index (χ3v) is 3.35. The fraction of sp³-hybridized carbons (Fsp3) is 0.167. The highest BCUT2D eigenvalue weighted by Crippen LogP contribution is 2.22. The zero-order chi connectivity index (χ0) is 18.2. The number of hydrogen-bond acceptors (Lipinski definition) is 5. The van der Waals surface area contributed by atoms with Gasteiger partial charge in [0.15, 0.2) is 0 Å². The zero-order valence-electron chi connectivity index (χ0n) is 14.3. The predicted molar refractivity (Wildman–Crippen MR) is 98.1 cm³/mol. The van der Waals surface area contributed by atoms with E-state index in [1.165, 1.54) is 13.3 Å². The second-order valence-electron chi connectivity index (χ2n) is 5.34. The first-order valence-corrected chi connectivity index (χ1v) is 7.56. The molecule has 7 heteroatoms. The Bertz CT molecular complexity index is 770. The highest BCUT2D eigenvalue weighted by atomic mass is 16.5. The Labute approximate surface area is 146 Å². The van der Waals surface area contributed by atoms with Crippen molar-refractivity contribution >= 4 is 29.4 Å². The van der Waals surface area contributed by atoms with Crippen LogP contribution in [0.1, 0.15) is 5.56 Å². The van der Waals surface area contributed by atoms with Crippen LogP contribution in [-0.2, 0) is 9.59 Å². The van der Waals surface area contributed by atoms with E-state index in [1.807, 2.05) is 43.3 Å². The molecule has 0 atom stereocenters. The summed E-state index contributed by atoms with van der Waals surface area (Å²) in [5.41, 5.74) is 4.46. The molecule has 2 aromatic rings. The summed E-state index contributed by atoms with van der Waals surface area (Å²) in [4.78, 5) is 25.7. The van der Waals surface area contributed by atoms with Gasteiger partial charge in [-0.1, -0.05) is 24.3 Å². The Balaban J connectivity index is 1.91. The lowest BCUT2D eigenvalue weighted by Gasteiger charge is -2.11. The average Bonchev–Trinajstić information content (AvgIpc) is 2.62. The quantitative estimate of drug-likeness (QED) is 0.494. The minimum Gasteiger partial charge on any atom is -0.495 e. The van der Waals surface area contributed by atoms with E-state index in [-0.39, 0.29) is 0 Å². The summed E-state index contributed by atoms with van der Waals surface area (Å²) in [7, 11) is 5.38. The Morgan fingerprint density at radius 1 is 1.04 bits per heavy atom. The monoisotopic (exact) mass is 340 g/mol. The SMILES string of the molecule is COc1ccccc1NC(=O)C(=O)N/N=C\c1ccc(N(C)C)cc1. The molecule has 0 fully saturated rings. The lowest BCUT2D eigenvalue weighted by molar-refractivity contribution is -0.136. The van der Waals surface area contributed by atoms with E-state index in [0.717, 1.165) is 11.3 Å². The second-order valence-corrected chi connectivity index (χ2v) is 5.34. The van der Waals surface area contributed by atoms with Crippen molar-refractivity contribution in [3.8, 4) is 5.75 Å². The number of hydrazone groups is 1. The van der Waals surface area contributed by atoms with Crippen molar-refractivity contribution in [1.29, 1.82) is 0 Å². The second kappa shape index (κ2) is 8.49. The Morgan fingerprint density at radius 3 is 2.36 bits per heavy atom. The zero-order valence-corrected chi connectivity index (χ0v) is 14.3. The number of para-hydroxylation sites is 2. The maximum atomic E-state index is 11.9. The minimum atomic E-state index is -0.868. The number of carbonyl (C=O) groups excluding carboxylic acids is 2. The molecule has 0 bridgehead atoms. The molecule has 0 radical (unpaired) electrons. The standard InChI is InChI=1S/C18H20N4O3/c1-22(2)14-10-8-13(9-11-14)12-19-21-18(24)17(23)20-15-6-4-5-7-16(15)25-3/h4-12H,1-3H3,(H,20,23)(H,21,24)/b19-12-. The lowest BCUT2D eigenvalue weighted by atomic mass is 10.2. The van der Waals surface area contributed by atoms with Crippen molar-refractivity contribution in [2.45, 2.75) is 0 Å². The van der Waals surface area contributed by atoms with Gasteiger partial charge in [0.05, 0.1) is 19.0 Å². The molecule has 2 N–H and O–H groups in total. The Hall–Kier alpha value is -3.35. The van der Waals surface area contributed by atoms with Crippen molar-refractivity contribution < 1.29 is 14.3 Å². The van der Waals surface area contributed by atoms with Crippen LogP contribution in [0, 0.1) is 0 Å². The molecule has 2 amide bonds. The number of carbonyl (C=O) groups is 2. The van der Waals surface area contributed by atoms with E-state index in [2.05, 4.69) is 15.8 Å².